The minimum atomic E-state index is -0.143. The largest absolute Gasteiger partial charge is 0.207 e. The molecule has 0 aliphatic heterocycles. The van der Waals surface area contributed by atoms with Crippen molar-refractivity contribution in [3.63, 3.8) is 0 Å². The molecule has 0 nitrogen and oxygen atoms in total. The predicted octanol–water partition coefficient (Wildman–Crippen LogP) is 3.73. The highest BCUT2D eigenvalue weighted by Crippen LogP contribution is 2.57. The van der Waals surface area contributed by atoms with Crippen LogP contribution in [0.25, 0.3) is 0 Å². The summed E-state index contributed by atoms with van der Waals surface area (Å²) >= 11 is 5.86. The van der Waals surface area contributed by atoms with Crippen LogP contribution in [-0.4, -0.2) is 5.88 Å². The molecular formula is C12H14ClF. The van der Waals surface area contributed by atoms with Crippen LogP contribution < -0.4 is 0 Å². The fraction of sp³-hybridized carbons (Fsp3) is 0.500. The molecule has 2 heteroatoms. The third-order valence-corrected chi connectivity index (χ3v) is 3.82. The van der Waals surface area contributed by atoms with Crippen molar-refractivity contribution in [2.45, 2.75) is 25.2 Å². The van der Waals surface area contributed by atoms with E-state index >= 15 is 0 Å². The topological polar surface area (TPSA) is 0 Å². The lowest BCUT2D eigenvalue weighted by Crippen LogP contribution is -2.09. The normalized spacial score (nSPS) is 30.4. The van der Waals surface area contributed by atoms with Crippen molar-refractivity contribution < 1.29 is 4.39 Å². The van der Waals surface area contributed by atoms with Crippen LogP contribution >= 0.6 is 11.6 Å². The molecule has 76 valence electrons. The van der Waals surface area contributed by atoms with Crippen LogP contribution in [0.15, 0.2) is 24.3 Å². The lowest BCUT2D eigenvalue weighted by atomic mass is 9.91. The monoisotopic (exact) mass is 212 g/mol. The number of halogens is 2. The summed E-state index contributed by atoms with van der Waals surface area (Å²) in [7, 11) is 0. The smallest absolute Gasteiger partial charge is 0.123 e. The second-order valence-electron chi connectivity index (χ2n) is 4.08. The summed E-state index contributed by atoms with van der Waals surface area (Å²) in [5.74, 6) is 1.08. The quantitative estimate of drug-likeness (QED) is 0.670. The number of benzene rings is 1. The van der Waals surface area contributed by atoms with Gasteiger partial charge in [-0.3, -0.25) is 0 Å². The van der Waals surface area contributed by atoms with Gasteiger partial charge in [0.15, 0.2) is 0 Å². The van der Waals surface area contributed by atoms with E-state index in [-0.39, 0.29) is 11.2 Å². The maximum atomic E-state index is 13.1. The summed E-state index contributed by atoms with van der Waals surface area (Å²) in [6.07, 6.45) is 2.16. The lowest BCUT2D eigenvalue weighted by molar-refractivity contribution is 0.588. The van der Waals surface area contributed by atoms with E-state index < -0.39 is 0 Å². The first-order chi connectivity index (χ1) is 6.73. The van der Waals surface area contributed by atoms with Crippen molar-refractivity contribution in [3.8, 4) is 0 Å². The molecule has 0 N–H and O–H groups in total. The minimum Gasteiger partial charge on any atom is -0.207 e. The van der Waals surface area contributed by atoms with E-state index in [2.05, 4.69) is 6.92 Å². The van der Waals surface area contributed by atoms with E-state index in [0.717, 1.165) is 18.4 Å². The Morgan fingerprint density at radius 2 is 2.36 bits per heavy atom. The fourth-order valence-electron chi connectivity index (χ4n) is 2.37. The maximum Gasteiger partial charge on any atom is 0.123 e. The van der Waals surface area contributed by atoms with E-state index in [9.17, 15) is 4.39 Å². The van der Waals surface area contributed by atoms with Crippen molar-refractivity contribution in [1.82, 2.24) is 0 Å². The Hall–Kier alpha value is -0.560. The second-order valence-corrected chi connectivity index (χ2v) is 4.38. The van der Waals surface area contributed by atoms with Gasteiger partial charge in [0.05, 0.1) is 0 Å². The molecule has 1 aliphatic rings. The summed E-state index contributed by atoms with van der Waals surface area (Å²) in [5.41, 5.74) is 1.29. The Labute approximate surface area is 89.1 Å². The van der Waals surface area contributed by atoms with E-state index in [1.54, 1.807) is 12.1 Å². The molecular weight excluding hydrogens is 199 g/mol. The van der Waals surface area contributed by atoms with Crippen molar-refractivity contribution >= 4 is 11.6 Å². The van der Waals surface area contributed by atoms with Crippen molar-refractivity contribution in [2.24, 2.45) is 5.92 Å². The average molecular weight is 213 g/mol. The van der Waals surface area contributed by atoms with Gasteiger partial charge in [-0.2, -0.15) is 0 Å². The van der Waals surface area contributed by atoms with Crippen molar-refractivity contribution in [2.75, 3.05) is 5.88 Å². The van der Waals surface area contributed by atoms with Gasteiger partial charge in [-0.25, -0.2) is 4.39 Å². The molecule has 1 aromatic carbocycles. The molecule has 0 bridgehead atoms. The van der Waals surface area contributed by atoms with E-state index in [1.807, 2.05) is 6.07 Å². The molecule has 1 saturated carbocycles. The van der Waals surface area contributed by atoms with Crippen molar-refractivity contribution in [1.29, 1.82) is 0 Å². The average Bonchev–Trinajstić information content (AvgIpc) is 2.93. The van der Waals surface area contributed by atoms with Crippen LogP contribution in [0.1, 0.15) is 25.3 Å². The first-order valence-corrected chi connectivity index (χ1v) is 5.58. The van der Waals surface area contributed by atoms with E-state index in [4.69, 9.17) is 11.6 Å². The summed E-state index contributed by atoms with van der Waals surface area (Å²) in [6.45, 7) is 2.15. The standard InChI is InChI=1S/C12H14ClF/c1-2-12(7-10(12)8-13)9-4-3-5-11(14)6-9/h3-6,10H,2,7-8H2,1H3. The van der Waals surface area contributed by atoms with Gasteiger partial charge in [-0.1, -0.05) is 19.1 Å². The molecule has 0 radical (unpaired) electrons. The van der Waals surface area contributed by atoms with Gasteiger partial charge >= 0.3 is 0 Å². The zero-order chi connectivity index (χ0) is 10.2. The zero-order valence-electron chi connectivity index (χ0n) is 8.26. The molecule has 1 aliphatic carbocycles. The van der Waals surface area contributed by atoms with Gasteiger partial charge in [0.1, 0.15) is 5.82 Å². The molecule has 2 rings (SSSR count). The molecule has 0 heterocycles. The Balaban J connectivity index is 2.30. The van der Waals surface area contributed by atoms with Gasteiger partial charge in [-0.05, 0) is 41.9 Å². The Kier molecular flexibility index (Phi) is 2.52. The SMILES string of the molecule is CCC1(c2cccc(F)c2)CC1CCl. The molecule has 0 saturated heterocycles. The summed E-state index contributed by atoms with van der Waals surface area (Å²) in [4.78, 5) is 0. The van der Waals surface area contributed by atoms with Crippen LogP contribution in [0.2, 0.25) is 0 Å². The maximum absolute atomic E-state index is 13.1. The Morgan fingerprint density at radius 3 is 2.86 bits per heavy atom. The van der Waals surface area contributed by atoms with Gasteiger partial charge < -0.3 is 0 Å². The number of alkyl halides is 1. The van der Waals surface area contributed by atoms with Gasteiger partial charge in [0.2, 0.25) is 0 Å². The van der Waals surface area contributed by atoms with Gasteiger partial charge in [0, 0.05) is 5.88 Å². The first kappa shape index (κ1) is 9.97. The minimum absolute atomic E-state index is 0.143. The van der Waals surface area contributed by atoms with Crippen LogP contribution in [0.3, 0.4) is 0 Å². The van der Waals surface area contributed by atoms with Crippen molar-refractivity contribution in [3.05, 3.63) is 35.6 Å². The first-order valence-electron chi connectivity index (χ1n) is 5.05. The van der Waals surface area contributed by atoms with E-state index in [1.165, 1.54) is 6.07 Å². The number of rotatable bonds is 3. The Bertz CT molecular complexity index is 337. The number of hydrogen-bond donors (Lipinski definition) is 0. The third kappa shape index (κ3) is 1.44. The molecule has 14 heavy (non-hydrogen) atoms. The molecule has 1 aromatic rings. The van der Waals surface area contributed by atoms with Gasteiger partial charge in [0.25, 0.3) is 0 Å². The summed E-state index contributed by atoms with van der Waals surface area (Å²) in [5, 5.41) is 0. The molecule has 0 spiro atoms. The highest BCUT2D eigenvalue weighted by Gasteiger charge is 2.52. The van der Waals surface area contributed by atoms with Crippen LogP contribution in [-0.2, 0) is 5.41 Å². The van der Waals surface area contributed by atoms with Gasteiger partial charge in [-0.15, -0.1) is 11.6 Å². The molecule has 0 aromatic heterocycles. The van der Waals surface area contributed by atoms with Crippen LogP contribution in [0, 0.1) is 11.7 Å². The fourth-order valence-corrected chi connectivity index (χ4v) is 2.78. The predicted molar refractivity (Wildman–Crippen MR) is 57.2 cm³/mol. The molecule has 0 amide bonds. The summed E-state index contributed by atoms with van der Waals surface area (Å²) < 4.78 is 13.1. The lowest BCUT2D eigenvalue weighted by Gasteiger charge is -2.14. The Morgan fingerprint density at radius 1 is 1.57 bits per heavy atom. The zero-order valence-corrected chi connectivity index (χ0v) is 9.02. The second kappa shape index (κ2) is 3.54. The summed E-state index contributed by atoms with van der Waals surface area (Å²) in [6, 6.07) is 6.94. The van der Waals surface area contributed by atoms with E-state index in [0.29, 0.717) is 11.8 Å². The van der Waals surface area contributed by atoms with Crippen LogP contribution in [0.4, 0.5) is 4.39 Å². The third-order valence-electron chi connectivity index (χ3n) is 3.45. The molecule has 2 unspecified atom stereocenters. The molecule has 1 fully saturated rings. The van der Waals surface area contributed by atoms with Crippen LogP contribution in [0.5, 0.6) is 0 Å². The highest BCUT2D eigenvalue weighted by molar-refractivity contribution is 6.18. The highest BCUT2D eigenvalue weighted by atomic mass is 35.5. The number of hydrogen-bond acceptors (Lipinski definition) is 0. The molecule has 2 atom stereocenters.